The first kappa shape index (κ1) is 13.3. The van der Waals surface area contributed by atoms with Crippen molar-refractivity contribution in [1.82, 2.24) is 5.32 Å². The van der Waals surface area contributed by atoms with Gasteiger partial charge in [-0.15, -0.1) is 11.3 Å². The quantitative estimate of drug-likeness (QED) is 0.867. The van der Waals surface area contributed by atoms with E-state index in [-0.39, 0.29) is 0 Å². The minimum Gasteiger partial charge on any atom is -0.309 e. The molecule has 0 bridgehead atoms. The van der Waals surface area contributed by atoms with E-state index in [4.69, 9.17) is 0 Å². The van der Waals surface area contributed by atoms with E-state index in [2.05, 4.69) is 57.3 Å². The van der Waals surface area contributed by atoms with Crippen LogP contribution >= 0.6 is 11.3 Å². The first-order chi connectivity index (χ1) is 8.54. The molecular formula is C16H21NS. The van der Waals surface area contributed by atoms with Crippen molar-refractivity contribution >= 4 is 11.3 Å². The molecule has 2 rings (SSSR count). The molecule has 1 aromatic carbocycles. The lowest BCUT2D eigenvalue weighted by molar-refractivity contribution is 0.685. The molecule has 0 aliphatic heterocycles. The summed E-state index contributed by atoms with van der Waals surface area (Å²) in [6.07, 6.45) is 0. The smallest absolute Gasteiger partial charge is 0.0587 e. The van der Waals surface area contributed by atoms with Crippen molar-refractivity contribution in [3.8, 4) is 0 Å². The minimum absolute atomic E-state index is 0.301. The van der Waals surface area contributed by atoms with Gasteiger partial charge < -0.3 is 5.32 Å². The molecule has 1 unspecified atom stereocenters. The highest BCUT2D eigenvalue weighted by molar-refractivity contribution is 7.12. The SMILES string of the molecule is CNC(c1cc(C)sc1C)c1cccc(C)c1C. The second-order valence-electron chi connectivity index (χ2n) is 4.88. The average molecular weight is 259 g/mol. The van der Waals surface area contributed by atoms with Gasteiger partial charge in [-0.05, 0) is 63.1 Å². The third kappa shape index (κ3) is 2.36. The van der Waals surface area contributed by atoms with E-state index in [1.165, 1.54) is 32.0 Å². The summed E-state index contributed by atoms with van der Waals surface area (Å²) in [5.41, 5.74) is 5.55. The predicted molar refractivity (Wildman–Crippen MR) is 80.6 cm³/mol. The lowest BCUT2D eigenvalue weighted by Gasteiger charge is -2.20. The number of rotatable bonds is 3. The fourth-order valence-electron chi connectivity index (χ4n) is 2.50. The molecular weight excluding hydrogens is 238 g/mol. The molecule has 0 amide bonds. The summed E-state index contributed by atoms with van der Waals surface area (Å²) in [5, 5.41) is 3.46. The Hall–Kier alpha value is -1.12. The fraction of sp³-hybridized carbons (Fsp3) is 0.375. The first-order valence-electron chi connectivity index (χ1n) is 6.35. The van der Waals surface area contributed by atoms with Crippen LogP contribution in [0.5, 0.6) is 0 Å². The van der Waals surface area contributed by atoms with Gasteiger partial charge in [-0.1, -0.05) is 18.2 Å². The standard InChI is InChI=1S/C16H21NS/c1-10-7-6-8-14(12(10)3)16(17-5)15-9-11(2)18-13(15)4/h6-9,16-17H,1-5H3. The summed E-state index contributed by atoms with van der Waals surface area (Å²) in [6, 6.07) is 9.17. The molecule has 1 atom stereocenters. The maximum Gasteiger partial charge on any atom is 0.0587 e. The van der Waals surface area contributed by atoms with Crippen LogP contribution in [0, 0.1) is 27.7 Å². The second kappa shape index (κ2) is 5.25. The van der Waals surface area contributed by atoms with E-state index in [1.54, 1.807) is 0 Å². The van der Waals surface area contributed by atoms with Crippen LogP contribution in [0.2, 0.25) is 0 Å². The van der Waals surface area contributed by atoms with Crippen molar-refractivity contribution in [2.45, 2.75) is 33.7 Å². The van der Waals surface area contributed by atoms with Crippen LogP contribution in [-0.2, 0) is 0 Å². The highest BCUT2D eigenvalue weighted by atomic mass is 32.1. The van der Waals surface area contributed by atoms with Crippen LogP contribution in [-0.4, -0.2) is 7.05 Å². The molecule has 0 fully saturated rings. The van der Waals surface area contributed by atoms with Gasteiger partial charge in [-0.25, -0.2) is 0 Å². The summed E-state index contributed by atoms with van der Waals surface area (Å²) >= 11 is 1.88. The topological polar surface area (TPSA) is 12.0 Å². The van der Waals surface area contributed by atoms with Crippen LogP contribution in [0.25, 0.3) is 0 Å². The molecule has 0 saturated carbocycles. The molecule has 0 aliphatic carbocycles. The lowest BCUT2D eigenvalue weighted by Crippen LogP contribution is -2.19. The maximum absolute atomic E-state index is 3.46. The highest BCUT2D eigenvalue weighted by Crippen LogP contribution is 2.32. The van der Waals surface area contributed by atoms with Crippen molar-refractivity contribution in [3.05, 3.63) is 56.3 Å². The molecule has 0 saturated heterocycles. The first-order valence-corrected chi connectivity index (χ1v) is 7.16. The van der Waals surface area contributed by atoms with Crippen LogP contribution in [0.1, 0.15) is 38.0 Å². The Balaban J connectivity index is 2.52. The predicted octanol–water partition coefficient (Wildman–Crippen LogP) is 4.29. The molecule has 0 radical (unpaired) electrons. The third-order valence-corrected chi connectivity index (χ3v) is 4.62. The van der Waals surface area contributed by atoms with Crippen molar-refractivity contribution in [2.75, 3.05) is 7.05 Å². The van der Waals surface area contributed by atoms with Crippen molar-refractivity contribution in [1.29, 1.82) is 0 Å². The monoisotopic (exact) mass is 259 g/mol. The fourth-order valence-corrected chi connectivity index (χ4v) is 3.47. The van der Waals surface area contributed by atoms with Gasteiger partial charge in [0.25, 0.3) is 0 Å². The molecule has 1 nitrogen and oxygen atoms in total. The number of benzene rings is 1. The Labute approximate surface area is 114 Å². The number of aryl methyl sites for hydroxylation is 3. The lowest BCUT2D eigenvalue weighted by atomic mass is 9.93. The van der Waals surface area contributed by atoms with E-state index < -0.39 is 0 Å². The van der Waals surface area contributed by atoms with Crippen LogP contribution in [0.15, 0.2) is 24.3 Å². The van der Waals surface area contributed by atoms with Crippen LogP contribution in [0.3, 0.4) is 0 Å². The van der Waals surface area contributed by atoms with Crippen molar-refractivity contribution < 1.29 is 0 Å². The van der Waals surface area contributed by atoms with Gasteiger partial charge in [-0.2, -0.15) is 0 Å². The third-order valence-electron chi connectivity index (χ3n) is 3.64. The van der Waals surface area contributed by atoms with E-state index in [0.717, 1.165) is 0 Å². The zero-order valence-corrected chi connectivity index (χ0v) is 12.6. The Morgan fingerprint density at radius 1 is 1.06 bits per heavy atom. The average Bonchev–Trinajstić information content (AvgIpc) is 2.65. The molecule has 1 heterocycles. The molecule has 1 aromatic heterocycles. The number of thiophene rings is 1. The molecule has 2 aromatic rings. The molecule has 96 valence electrons. The summed E-state index contributed by atoms with van der Waals surface area (Å²) in [6.45, 7) is 8.78. The Kier molecular flexibility index (Phi) is 3.88. The van der Waals surface area contributed by atoms with Gasteiger partial charge in [0.2, 0.25) is 0 Å². The van der Waals surface area contributed by atoms with E-state index in [1.807, 2.05) is 18.4 Å². The van der Waals surface area contributed by atoms with Gasteiger partial charge in [0.05, 0.1) is 6.04 Å². The minimum atomic E-state index is 0.301. The zero-order chi connectivity index (χ0) is 13.3. The maximum atomic E-state index is 3.46. The Morgan fingerprint density at radius 3 is 2.33 bits per heavy atom. The highest BCUT2D eigenvalue weighted by Gasteiger charge is 2.18. The number of nitrogens with one attached hydrogen (secondary N) is 1. The van der Waals surface area contributed by atoms with Gasteiger partial charge in [0.1, 0.15) is 0 Å². The Morgan fingerprint density at radius 2 is 1.78 bits per heavy atom. The van der Waals surface area contributed by atoms with Gasteiger partial charge in [0.15, 0.2) is 0 Å². The van der Waals surface area contributed by atoms with Gasteiger partial charge in [0, 0.05) is 9.75 Å². The van der Waals surface area contributed by atoms with E-state index in [9.17, 15) is 0 Å². The van der Waals surface area contributed by atoms with Crippen molar-refractivity contribution in [2.24, 2.45) is 0 Å². The van der Waals surface area contributed by atoms with E-state index in [0.29, 0.717) is 6.04 Å². The molecule has 0 spiro atoms. The van der Waals surface area contributed by atoms with Gasteiger partial charge in [-0.3, -0.25) is 0 Å². The largest absolute Gasteiger partial charge is 0.309 e. The Bertz CT molecular complexity index is 554. The number of hydrogen-bond donors (Lipinski definition) is 1. The van der Waals surface area contributed by atoms with Crippen molar-refractivity contribution in [3.63, 3.8) is 0 Å². The summed E-state index contributed by atoms with van der Waals surface area (Å²) in [4.78, 5) is 2.79. The summed E-state index contributed by atoms with van der Waals surface area (Å²) in [7, 11) is 2.04. The molecule has 18 heavy (non-hydrogen) atoms. The van der Waals surface area contributed by atoms with Gasteiger partial charge >= 0.3 is 0 Å². The normalized spacial score (nSPS) is 12.7. The molecule has 0 aliphatic rings. The summed E-state index contributed by atoms with van der Waals surface area (Å²) in [5.74, 6) is 0. The van der Waals surface area contributed by atoms with Crippen LogP contribution in [0.4, 0.5) is 0 Å². The van der Waals surface area contributed by atoms with E-state index >= 15 is 0 Å². The number of hydrogen-bond acceptors (Lipinski definition) is 2. The molecule has 2 heteroatoms. The molecule has 1 N–H and O–H groups in total. The second-order valence-corrected chi connectivity index (χ2v) is 6.34. The van der Waals surface area contributed by atoms with Crippen LogP contribution < -0.4 is 5.32 Å². The summed E-state index contributed by atoms with van der Waals surface area (Å²) < 4.78 is 0. The zero-order valence-electron chi connectivity index (χ0n) is 11.8.